The topological polar surface area (TPSA) is 26.0 Å². The van der Waals surface area contributed by atoms with Gasteiger partial charge in [-0.25, -0.2) is 17.6 Å². The molecule has 0 atom stereocenters. The third-order valence-corrected chi connectivity index (χ3v) is 1.50. The molecular weight excluding hydrogens is 186 g/mol. The number of alkyl halides is 4. The lowest BCUT2D eigenvalue weighted by Gasteiger charge is -2.05. The maximum Gasteiger partial charge on any atom is 0.263 e. The van der Waals surface area contributed by atoms with E-state index in [1.165, 1.54) is 0 Å². The second-order valence-corrected chi connectivity index (χ2v) is 2.53. The summed E-state index contributed by atoms with van der Waals surface area (Å²) < 4.78 is 48.4. The predicted octanol–water partition coefficient (Wildman–Crippen LogP) is 3.14. The zero-order chi connectivity index (χ0) is 10.0. The Morgan fingerprint density at radius 3 is 1.54 bits per heavy atom. The smallest absolute Gasteiger partial charge is 0.263 e. The molecule has 0 aliphatic rings. The van der Waals surface area contributed by atoms with E-state index in [1.807, 2.05) is 0 Å². The minimum absolute atomic E-state index is 0.0758. The lowest BCUT2D eigenvalue weighted by atomic mass is 10.1. The first-order chi connectivity index (χ1) is 6.00. The van der Waals surface area contributed by atoms with Crippen LogP contribution in [0.2, 0.25) is 0 Å². The molecule has 13 heavy (non-hydrogen) atoms. The zero-order valence-corrected chi connectivity index (χ0v) is 6.48. The van der Waals surface area contributed by atoms with Gasteiger partial charge in [-0.2, -0.15) is 0 Å². The molecule has 0 bridgehead atoms. The predicted molar refractivity (Wildman–Crippen MR) is 40.8 cm³/mol. The molecule has 0 amide bonds. The number of nitrogens with two attached hydrogens (primary N) is 1. The van der Waals surface area contributed by atoms with Crippen LogP contribution in [0.15, 0.2) is 18.2 Å². The van der Waals surface area contributed by atoms with Crippen LogP contribution >= 0.6 is 0 Å². The largest absolute Gasteiger partial charge is 0.399 e. The first-order valence-electron chi connectivity index (χ1n) is 3.47. The van der Waals surface area contributed by atoms with Crippen molar-refractivity contribution in [2.45, 2.75) is 12.9 Å². The number of hydrogen-bond acceptors (Lipinski definition) is 1. The monoisotopic (exact) mass is 193 g/mol. The molecule has 0 unspecified atom stereocenters. The van der Waals surface area contributed by atoms with Gasteiger partial charge in [0.15, 0.2) is 0 Å². The Bertz CT molecular complexity index is 272. The first-order valence-corrected chi connectivity index (χ1v) is 3.47. The van der Waals surface area contributed by atoms with Gasteiger partial charge in [-0.15, -0.1) is 0 Å². The van der Waals surface area contributed by atoms with Crippen LogP contribution in [0.5, 0.6) is 0 Å². The quantitative estimate of drug-likeness (QED) is 0.566. The normalized spacial score (nSPS) is 11.2. The summed E-state index contributed by atoms with van der Waals surface area (Å²) in [5.41, 5.74) is 4.14. The van der Waals surface area contributed by atoms with Crippen molar-refractivity contribution in [1.29, 1.82) is 0 Å². The summed E-state index contributed by atoms with van der Waals surface area (Å²) in [6, 6.07) is 2.72. The number of halogens is 4. The van der Waals surface area contributed by atoms with E-state index >= 15 is 0 Å². The molecule has 0 saturated heterocycles. The van der Waals surface area contributed by atoms with Crippen molar-refractivity contribution in [3.8, 4) is 0 Å². The Morgan fingerprint density at radius 2 is 1.23 bits per heavy atom. The van der Waals surface area contributed by atoms with Gasteiger partial charge in [0.25, 0.3) is 12.9 Å². The van der Waals surface area contributed by atoms with Gasteiger partial charge in [0, 0.05) is 16.8 Å². The zero-order valence-electron chi connectivity index (χ0n) is 6.48. The number of benzene rings is 1. The Balaban J connectivity index is 3.11. The molecule has 0 aliphatic carbocycles. The summed E-state index contributed by atoms with van der Waals surface area (Å²) in [7, 11) is 0. The Morgan fingerprint density at radius 1 is 0.846 bits per heavy atom. The number of anilines is 1. The van der Waals surface area contributed by atoms with Crippen LogP contribution < -0.4 is 5.73 Å². The van der Waals surface area contributed by atoms with Gasteiger partial charge in [0.1, 0.15) is 0 Å². The van der Waals surface area contributed by atoms with E-state index in [0.29, 0.717) is 0 Å². The molecule has 1 nitrogen and oxygen atoms in total. The fourth-order valence-corrected chi connectivity index (χ4v) is 0.954. The summed E-state index contributed by atoms with van der Waals surface area (Å²) in [5, 5.41) is 0. The SMILES string of the molecule is Nc1cc(C(F)F)cc(C(F)F)c1. The average molecular weight is 193 g/mol. The van der Waals surface area contributed by atoms with Gasteiger partial charge in [-0.3, -0.25) is 0 Å². The van der Waals surface area contributed by atoms with Gasteiger partial charge in [-0.05, 0) is 18.2 Å². The molecule has 0 heterocycles. The lowest BCUT2D eigenvalue weighted by Crippen LogP contribution is -1.94. The Kier molecular flexibility index (Phi) is 2.75. The number of nitrogen functional groups attached to an aromatic ring is 1. The minimum atomic E-state index is -2.78. The minimum Gasteiger partial charge on any atom is -0.399 e. The molecule has 1 rings (SSSR count). The molecule has 0 aromatic heterocycles. The highest BCUT2D eigenvalue weighted by Gasteiger charge is 2.13. The van der Waals surface area contributed by atoms with Crippen LogP contribution in [-0.2, 0) is 0 Å². The number of hydrogen-bond donors (Lipinski definition) is 1. The van der Waals surface area contributed by atoms with E-state index in [0.717, 1.165) is 18.2 Å². The molecule has 0 radical (unpaired) electrons. The Labute approximate surface area is 72.2 Å². The first kappa shape index (κ1) is 9.83. The van der Waals surface area contributed by atoms with Crippen LogP contribution in [0, 0.1) is 0 Å². The third kappa shape index (κ3) is 2.34. The van der Waals surface area contributed by atoms with E-state index in [4.69, 9.17) is 5.73 Å². The fraction of sp³-hybridized carbons (Fsp3) is 0.250. The second kappa shape index (κ2) is 3.64. The van der Waals surface area contributed by atoms with Crippen molar-refractivity contribution in [2.24, 2.45) is 0 Å². The van der Waals surface area contributed by atoms with Gasteiger partial charge < -0.3 is 5.73 Å². The molecule has 72 valence electrons. The average Bonchev–Trinajstić information content (AvgIpc) is 2.03. The van der Waals surface area contributed by atoms with Crippen molar-refractivity contribution < 1.29 is 17.6 Å². The molecule has 2 N–H and O–H groups in total. The van der Waals surface area contributed by atoms with E-state index in [1.54, 1.807) is 0 Å². The Hall–Kier alpha value is -1.26. The molecule has 0 aliphatic heterocycles. The number of rotatable bonds is 2. The molecule has 0 fully saturated rings. The van der Waals surface area contributed by atoms with Crippen LogP contribution in [0.1, 0.15) is 24.0 Å². The maximum absolute atomic E-state index is 12.1. The van der Waals surface area contributed by atoms with Crippen LogP contribution in [0.4, 0.5) is 23.2 Å². The summed E-state index contributed by atoms with van der Waals surface area (Å²) in [6.45, 7) is 0. The van der Waals surface area contributed by atoms with Crippen molar-refractivity contribution in [1.82, 2.24) is 0 Å². The van der Waals surface area contributed by atoms with Gasteiger partial charge in [0.05, 0.1) is 0 Å². The second-order valence-electron chi connectivity index (χ2n) is 2.53. The lowest BCUT2D eigenvalue weighted by molar-refractivity contribution is 0.144. The molecule has 1 aromatic carbocycles. The molecule has 1 aromatic rings. The third-order valence-electron chi connectivity index (χ3n) is 1.50. The van der Waals surface area contributed by atoms with Crippen LogP contribution in [-0.4, -0.2) is 0 Å². The van der Waals surface area contributed by atoms with Gasteiger partial charge in [-0.1, -0.05) is 0 Å². The van der Waals surface area contributed by atoms with Crippen molar-refractivity contribution in [3.05, 3.63) is 29.3 Å². The van der Waals surface area contributed by atoms with Crippen molar-refractivity contribution in [2.75, 3.05) is 5.73 Å². The van der Waals surface area contributed by atoms with E-state index < -0.39 is 24.0 Å². The van der Waals surface area contributed by atoms with Gasteiger partial charge >= 0.3 is 0 Å². The fourth-order valence-electron chi connectivity index (χ4n) is 0.954. The van der Waals surface area contributed by atoms with Crippen molar-refractivity contribution >= 4 is 5.69 Å². The molecule has 0 saturated carbocycles. The van der Waals surface area contributed by atoms with E-state index in [2.05, 4.69) is 0 Å². The van der Waals surface area contributed by atoms with Crippen molar-refractivity contribution in [3.63, 3.8) is 0 Å². The van der Waals surface area contributed by atoms with Crippen LogP contribution in [0.25, 0.3) is 0 Å². The molecular formula is C8H7F4N. The summed E-state index contributed by atoms with van der Waals surface area (Å²) >= 11 is 0. The highest BCUT2D eigenvalue weighted by atomic mass is 19.3. The van der Waals surface area contributed by atoms with E-state index in [-0.39, 0.29) is 5.69 Å². The van der Waals surface area contributed by atoms with Gasteiger partial charge in [0.2, 0.25) is 0 Å². The summed E-state index contributed by atoms with van der Waals surface area (Å²) in [5.74, 6) is 0. The summed E-state index contributed by atoms with van der Waals surface area (Å²) in [6.07, 6.45) is -5.55. The summed E-state index contributed by atoms with van der Waals surface area (Å²) in [4.78, 5) is 0. The maximum atomic E-state index is 12.1. The molecule has 5 heteroatoms. The van der Waals surface area contributed by atoms with Crippen LogP contribution in [0.3, 0.4) is 0 Å². The standard InChI is InChI=1S/C8H7F4N/c9-7(10)4-1-5(8(11)12)3-6(13)2-4/h1-3,7-8H,13H2. The highest BCUT2D eigenvalue weighted by Crippen LogP contribution is 2.27. The van der Waals surface area contributed by atoms with E-state index in [9.17, 15) is 17.6 Å². The molecule has 0 spiro atoms. The highest BCUT2D eigenvalue weighted by molar-refractivity contribution is 5.45.